The summed E-state index contributed by atoms with van der Waals surface area (Å²) in [7, 11) is -3.65. The minimum absolute atomic E-state index is 0.124. The van der Waals surface area contributed by atoms with Crippen LogP contribution < -0.4 is 15.8 Å². The van der Waals surface area contributed by atoms with E-state index in [2.05, 4.69) is 20.2 Å². The van der Waals surface area contributed by atoms with Gasteiger partial charge >= 0.3 is 6.09 Å². The topological polar surface area (TPSA) is 136 Å². The van der Waals surface area contributed by atoms with Crippen molar-refractivity contribution in [3.63, 3.8) is 0 Å². The molecule has 0 bridgehead atoms. The average Bonchev–Trinajstić information content (AvgIpc) is 3.08. The molecule has 1 heterocycles. The normalized spacial score (nSPS) is 11.6. The zero-order valence-corrected chi connectivity index (χ0v) is 18.1. The number of aromatic nitrogens is 2. The number of amides is 1. The van der Waals surface area contributed by atoms with Gasteiger partial charge in [0.05, 0.1) is 12.4 Å². The molecule has 4 N–H and O–H groups in total. The monoisotopic (exact) mass is 459 g/mol. The van der Waals surface area contributed by atoms with Gasteiger partial charge in [-0.1, -0.05) is 47.2 Å². The van der Waals surface area contributed by atoms with Crippen molar-refractivity contribution in [2.45, 2.75) is 19.9 Å². The Balaban J connectivity index is 1.89. The maximum absolute atomic E-state index is 12.2. The van der Waals surface area contributed by atoms with E-state index >= 15 is 0 Å². The molecule has 0 atom stereocenters. The Bertz CT molecular complexity index is 962. The van der Waals surface area contributed by atoms with Crippen molar-refractivity contribution in [3.8, 4) is 0 Å². The molecule has 1 aromatic carbocycles. The minimum Gasteiger partial charge on any atom is -0.449 e. The van der Waals surface area contributed by atoms with Crippen molar-refractivity contribution in [2.24, 2.45) is 5.73 Å². The standard InChI is InChI=1S/C17H22ClN5O4S2/c1-2-20-17(24)27-9-8-15-21-22-16(28-15)23-29(25,26)10-4-6-12-5-3-7-14(18)13(12)11-19/h3-7H,2,8-11,19H2,1H3,(H,20,24)(H,22,23). The van der Waals surface area contributed by atoms with E-state index in [0.29, 0.717) is 23.0 Å². The van der Waals surface area contributed by atoms with Crippen LogP contribution in [0.2, 0.25) is 5.02 Å². The number of halogens is 1. The van der Waals surface area contributed by atoms with Crippen LogP contribution in [-0.2, 0) is 27.7 Å². The second-order valence-corrected chi connectivity index (χ2v) is 8.95. The van der Waals surface area contributed by atoms with Gasteiger partial charge in [0.15, 0.2) is 0 Å². The average molecular weight is 460 g/mol. The van der Waals surface area contributed by atoms with Crippen LogP contribution in [0.3, 0.4) is 0 Å². The van der Waals surface area contributed by atoms with E-state index in [-0.39, 0.29) is 24.0 Å². The quantitative estimate of drug-likeness (QED) is 0.496. The number of hydrogen-bond acceptors (Lipinski definition) is 8. The predicted octanol–water partition coefficient (Wildman–Crippen LogP) is 2.39. The number of carbonyl (C=O) groups is 1. The molecule has 0 fully saturated rings. The molecule has 0 aliphatic rings. The van der Waals surface area contributed by atoms with Crippen LogP contribution in [0.4, 0.5) is 9.93 Å². The first-order valence-electron chi connectivity index (χ1n) is 8.72. The van der Waals surface area contributed by atoms with Gasteiger partial charge in [0.1, 0.15) is 5.01 Å². The highest BCUT2D eigenvalue weighted by atomic mass is 35.5. The van der Waals surface area contributed by atoms with Gasteiger partial charge in [0, 0.05) is 24.5 Å². The summed E-state index contributed by atoms with van der Waals surface area (Å²) in [6.07, 6.45) is 3.00. The molecule has 1 aromatic heterocycles. The lowest BCUT2D eigenvalue weighted by molar-refractivity contribution is 0.148. The van der Waals surface area contributed by atoms with Crippen LogP contribution in [0.5, 0.6) is 0 Å². The number of hydrogen-bond donors (Lipinski definition) is 3. The van der Waals surface area contributed by atoms with Crippen molar-refractivity contribution in [1.29, 1.82) is 0 Å². The van der Waals surface area contributed by atoms with Crippen LogP contribution in [0.25, 0.3) is 6.08 Å². The van der Waals surface area contributed by atoms with E-state index < -0.39 is 16.1 Å². The van der Waals surface area contributed by atoms with Crippen molar-refractivity contribution >= 4 is 50.3 Å². The number of nitrogens with two attached hydrogens (primary N) is 1. The molecule has 0 saturated heterocycles. The van der Waals surface area contributed by atoms with Gasteiger partial charge < -0.3 is 15.8 Å². The Kier molecular flexibility index (Phi) is 8.83. The second-order valence-electron chi connectivity index (χ2n) is 5.71. The first-order chi connectivity index (χ1) is 13.8. The molecule has 0 radical (unpaired) electrons. The third-order valence-corrected chi connectivity index (χ3v) is 6.07. The van der Waals surface area contributed by atoms with Crippen molar-refractivity contribution in [1.82, 2.24) is 15.5 Å². The van der Waals surface area contributed by atoms with Crippen LogP contribution in [0.15, 0.2) is 24.3 Å². The fraction of sp³-hybridized carbons (Fsp3) is 0.353. The molecular weight excluding hydrogens is 438 g/mol. The molecule has 0 unspecified atom stereocenters. The predicted molar refractivity (Wildman–Crippen MR) is 114 cm³/mol. The van der Waals surface area contributed by atoms with Crippen molar-refractivity contribution in [3.05, 3.63) is 45.4 Å². The summed E-state index contributed by atoms with van der Waals surface area (Å²) in [6, 6.07) is 5.31. The fourth-order valence-corrected chi connectivity index (χ4v) is 4.36. The van der Waals surface area contributed by atoms with Gasteiger partial charge in [0.25, 0.3) is 0 Å². The number of sulfonamides is 1. The molecule has 0 saturated carbocycles. The zero-order chi connectivity index (χ0) is 21.3. The Morgan fingerprint density at radius 2 is 2.17 bits per heavy atom. The first kappa shape index (κ1) is 23.1. The zero-order valence-electron chi connectivity index (χ0n) is 15.7. The lowest BCUT2D eigenvalue weighted by Crippen LogP contribution is -2.24. The summed E-state index contributed by atoms with van der Waals surface area (Å²) in [5.74, 6) is -0.251. The molecule has 158 valence electrons. The Morgan fingerprint density at radius 1 is 1.38 bits per heavy atom. The molecule has 1 amide bonds. The number of alkyl carbamates (subject to hydrolysis) is 1. The van der Waals surface area contributed by atoms with Crippen molar-refractivity contribution in [2.75, 3.05) is 23.6 Å². The van der Waals surface area contributed by atoms with E-state index in [4.69, 9.17) is 22.1 Å². The molecule has 29 heavy (non-hydrogen) atoms. The van der Waals surface area contributed by atoms with Gasteiger partial charge in [-0.2, -0.15) is 0 Å². The Hall–Kier alpha value is -2.21. The number of carbonyl (C=O) groups excluding carboxylic acids is 1. The third-order valence-electron chi connectivity index (χ3n) is 3.55. The van der Waals surface area contributed by atoms with Gasteiger partial charge in [-0.3, -0.25) is 4.72 Å². The van der Waals surface area contributed by atoms with E-state index in [0.717, 1.165) is 22.5 Å². The molecule has 0 aliphatic carbocycles. The molecule has 12 heteroatoms. The SMILES string of the molecule is CCNC(=O)OCCc1nnc(NS(=O)(=O)CC=Cc2cccc(Cl)c2CN)s1. The maximum atomic E-state index is 12.2. The summed E-state index contributed by atoms with van der Waals surface area (Å²) in [4.78, 5) is 11.2. The third kappa shape index (κ3) is 7.61. The van der Waals surface area contributed by atoms with Crippen LogP contribution >= 0.6 is 22.9 Å². The maximum Gasteiger partial charge on any atom is 0.407 e. The Labute approximate surface area is 178 Å². The summed E-state index contributed by atoms with van der Waals surface area (Å²) < 4.78 is 31.8. The largest absolute Gasteiger partial charge is 0.449 e. The second kappa shape index (κ2) is 11.1. The van der Waals surface area contributed by atoms with E-state index in [1.54, 1.807) is 25.1 Å². The number of nitrogens with one attached hydrogen (secondary N) is 2. The lowest BCUT2D eigenvalue weighted by atomic mass is 10.1. The van der Waals surface area contributed by atoms with Gasteiger partial charge in [0.2, 0.25) is 15.2 Å². The fourth-order valence-electron chi connectivity index (χ4n) is 2.25. The molecule has 2 rings (SSSR count). The molecule has 0 spiro atoms. The number of ether oxygens (including phenoxy) is 1. The number of rotatable bonds is 10. The smallest absolute Gasteiger partial charge is 0.407 e. The van der Waals surface area contributed by atoms with Crippen LogP contribution in [0, 0.1) is 0 Å². The van der Waals surface area contributed by atoms with E-state index in [1.807, 2.05) is 6.07 Å². The number of benzene rings is 1. The highest BCUT2D eigenvalue weighted by Gasteiger charge is 2.13. The summed E-state index contributed by atoms with van der Waals surface area (Å²) >= 11 is 7.17. The highest BCUT2D eigenvalue weighted by molar-refractivity contribution is 7.93. The number of nitrogens with zero attached hydrogens (tertiary/aromatic N) is 2. The highest BCUT2D eigenvalue weighted by Crippen LogP contribution is 2.21. The van der Waals surface area contributed by atoms with E-state index in [1.165, 1.54) is 6.08 Å². The Morgan fingerprint density at radius 3 is 2.90 bits per heavy atom. The van der Waals surface area contributed by atoms with Crippen molar-refractivity contribution < 1.29 is 17.9 Å². The van der Waals surface area contributed by atoms with Crippen LogP contribution in [0.1, 0.15) is 23.1 Å². The lowest BCUT2D eigenvalue weighted by Gasteiger charge is -2.05. The molecule has 2 aromatic rings. The van der Waals surface area contributed by atoms with Gasteiger partial charge in [-0.15, -0.1) is 10.2 Å². The summed E-state index contributed by atoms with van der Waals surface area (Å²) in [5.41, 5.74) is 7.20. The minimum atomic E-state index is -3.65. The molecule has 0 aliphatic heterocycles. The summed E-state index contributed by atoms with van der Waals surface area (Å²) in [5, 5.41) is 11.4. The van der Waals surface area contributed by atoms with Gasteiger partial charge in [-0.05, 0) is 24.1 Å². The number of anilines is 1. The van der Waals surface area contributed by atoms with E-state index in [9.17, 15) is 13.2 Å². The first-order valence-corrected chi connectivity index (χ1v) is 11.6. The van der Waals surface area contributed by atoms with Crippen LogP contribution in [-0.4, -0.2) is 43.6 Å². The summed E-state index contributed by atoms with van der Waals surface area (Å²) in [6.45, 7) is 2.63. The van der Waals surface area contributed by atoms with Gasteiger partial charge in [-0.25, -0.2) is 13.2 Å². The molecule has 9 nitrogen and oxygen atoms in total. The molecular formula is C17H22ClN5O4S2.